The number of rotatable bonds is 7. The number of piperidine rings is 1. The zero-order valence-electron chi connectivity index (χ0n) is 19.0. The van der Waals surface area contributed by atoms with Crippen molar-refractivity contribution >= 4 is 30.7 Å². The number of nitrogens with zero attached hydrogens (tertiary/aromatic N) is 3. The van der Waals surface area contributed by atoms with E-state index < -0.39 is 0 Å². The zero-order chi connectivity index (χ0) is 22.8. The Labute approximate surface area is 195 Å². The summed E-state index contributed by atoms with van der Waals surface area (Å²) < 4.78 is 13.4. The number of aromatic nitrogens is 3. The molecule has 2 N–H and O–H groups in total. The Morgan fingerprint density at radius 3 is 2.45 bits per heavy atom. The van der Waals surface area contributed by atoms with Gasteiger partial charge in [-0.1, -0.05) is 24.3 Å². The second-order valence-corrected chi connectivity index (χ2v) is 9.14. The lowest BCUT2D eigenvalue weighted by molar-refractivity contribution is 0.356. The minimum atomic E-state index is -0.0647. The molecule has 1 fully saturated rings. The molecular weight excluding hydrogens is 435 g/mol. The van der Waals surface area contributed by atoms with Crippen LogP contribution in [0.4, 0.5) is 0 Å². The third kappa shape index (κ3) is 4.29. The first kappa shape index (κ1) is 22.1. The highest BCUT2D eigenvalue weighted by Crippen LogP contribution is 2.38. The first-order valence-electron chi connectivity index (χ1n) is 11.3. The van der Waals surface area contributed by atoms with Crippen LogP contribution in [0.2, 0.25) is 0 Å². The van der Waals surface area contributed by atoms with Gasteiger partial charge in [-0.15, -0.1) is 0 Å². The highest BCUT2D eigenvalue weighted by atomic mass is 31.1. The molecule has 172 valence electrons. The summed E-state index contributed by atoms with van der Waals surface area (Å²) >= 11 is 0. The van der Waals surface area contributed by atoms with E-state index in [2.05, 4.69) is 34.1 Å². The number of nitrogens with one attached hydrogen (secondary N) is 1. The first-order chi connectivity index (χ1) is 16.2. The third-order valence-electron chi connectivity index (χ3n) is 6.46. The Morgan fingerprint density at radius 2 is 1.76 bits per heavy atom. The maximum atomic E-state index is 9.22. The minimum absolute atomic E-state index is 0.0647. The van der Waals surface area contributed by atoms with Gasteiger partial charge in [0.1, 0.15) is 5.52 Å². The molecule has 1 unspecified atom stereocenters. The average molecular weight is 465 g/mol. The van der Waals surface area contributed by atoms with Gasteiger partial charge in [0.2, 0.25) is 0 Å². The largest absolute Gasteiger partial charge is 0.493 e. The SMILES string of the molecule is COc1cc2nc(C3CCNCC3)c3ncn(Cc4ccc(CPO)cc4)c3c2cc1OC. The molecule has 2 aromatic carbocycles. The molecule has 0 aliphatic carbocycles. The molecule has 0 saturated carbocycles. The van der Waals surface area contributed by atoms with Crippen molar-refractivity contribution < 1.29 is 14.4 Å². The summed E-state index contributed by atoms with van der Waals surface area (Å²) in [5.41, 5.74) is 6.36. The van der Waals surface area contributed by atoms with Crippen LogP contribution in [0.15, 0.2) is 42.7 Å². The molecule has 3 heterocycles. The molecule has 1 aliphatic heterocycles. The molecule has 1 atom stereocenters. The summed E-state index contributed by atoms with van der Waals surface area (Å²) in [5.74, 6) is 1.75. The number of imidazole rings is 1. The van der Waals surface area contributed by atoms with Crippen LogP contribution in [0.1, 0.15) is 35.6 Å². The monoisotopic (exact) mass is 464 g/mol. The number of pyridine rings is 1. The van der Waals surface area contributed by atoms with Crippen LogP contribution in [0.25, 0.3) is 21.9 Å². The smallest absolute Gasteiger partial charge is 0.162 e. The Kier molecular flexibility index (Phi) is 6.45. The predicted octanol–water partition coefficient (Wildman–Crippen LogP) is 4.20. The van der Waals surface area contributed by atoms with E-state index in [1.807, 2.05) is 18.5 Å². The lowest BCUT2D eigenvalue weighted by atomic mass is 9.92. The fraction of sp³-hybridized carbons (Fsp3) is 0.360. The van der Waals surface area contributed by atoms with Crippen LogP contribution in [0.5, 0.6) is 11.5 Å². The van der Waals surface area contributed by atoms with E-state index in [1.165, 1.54) is 5.56 Å². The van der Waals surface area contributed by atoms with Crippen LogP contribution >= 0.6 is 8.81 Å². The molecular formula is C25H29N4O3P. The molecule has 0 radical (unpaired) electrons. The van der Waals surface area contributed by atoms with E-state index in [9.17, 15) is 4.89 Å². The second-order valence-electron chi connectivity index (χ2n) is 8.47. The fourth-order valence-corrected chi connectivity index (χ4v) is 5.15. The number of ether oxygens (including phenoxy) is 2. The zero-order valence-corrected chi connectivity index (χ0v) is 20.0. The summed E-state index contributed by atoms with van der Waals surface area (Å²) in [6.45, 7) is 2.70. The van der Waals surface area contributed by atoms with Gasteiger partial charge >= 0.3 is 0 Å². The van der Waals surface area contributed by atoms with Gasteiger partial charge < -0.3 is 24.3 Å². The van der Waals surface area contributed by atoms with Gasteiger partial charge in [-0.05, 0) is 43.1 Å². The maximum Gasteiger partial charge on any atom is 0.162 e. The number of hydrogen-bond acceptors (Lipinski definition) is 6. The molecule has 4 aromatic rings. The van der Waals surface area contributed by atoms with Gasteiger partial charge in [-0.2, -0.15) is 0 Å². The van der Waals surface area contributed by atoms with E-state index in [1.54, 1.807) is 14.2 Å². The lowest BCUT2D eigenvalue weighted by Crippen LogP contribution is -2.27. The molecule has 1 saturated heterocycles. The molecule has 1 aliphatic rings. The number of benzene rings is 2. The van der Waals surface area contributed by atoms with Crippen LogP contribution in [0.3, 0.4) is 0 Å². The Hall–Kier alpha value is -2.73. The maximum absolute atomic E-state index is 9.22. The van der Waals surface area contributed by atoms with Gasteiger partial charge in [0.05, 0.1) is 37.3 Å². The van der Waals surface area contributed by atoms with Crippen molar-refractivity contribution in [2.24, 2.45) is 0 Å². The van der Waals surface area contributed by atoms with Crippen LogP contribution in [-0.4, -0.2) is 46.7 Å². The van der Waals surface area contributed by atoms with Crippen molar-refractivity contribution in [3.63, 3.8) is 0 Å². The van der Waals surface area contributed by atoms with Crippen molar-refractivity contribution in [2.45, 2.75) is 31.5 Å². The molecule has 7 nitrogen and oxygen atoms in total. The number of hydrogen-bond donors (Lipinski definition) is 2. The van der Waals surface area contributed by atoms with E-state index in [4.69, 9.17) is 19.4 Å². The van der Waals surface area contributed by atoms with Crippen molar-refractivity contribution in [3.05, 3.63) is 59.5 Å². The van der Waals surface area contributed by atoms with Gasteiger partial charge in [-0.3, -0.25) is 0 Å². The Balaban J connectivity index is 1.67. The first-order valence-corrected chi connectivity index (χ1v) is 12.4. The van der Waals surface area contributed by atoms with Crippen LogP contribution in [-0.2, 0) is 12.7 Å². The molecule has 0 bridgehead atoms. The molecule has 8 heteroatoms. The second kappa shape index (κ2) is 9.64. The number of methoxy groups -OCH3 is 2. The van der Waals surface area contributed by atoms with Gasteiger partial charge in [0.25, 0.3) is 0 Å². The van der Waals surface area contributed by atoms with E-state index in [0.717, 1.165) is 59.1 Å². The fourth-order valence-electron chi connectivity index (χ4n) is 4.74. The lowest BCUT2D eigenvalue weighted by Gasteiger charge is -2.23. The molecule has 2 aromatic heterocycles. The van der Waals surface area contributed by atoms with Gasteiger partial charge in [-0.25, -0.2) is 9.97 Å². The standard InChI is InChI=1S/C25H29N4O3P/c1-31-21-11-19-20(12-22(21)32-2)28-23(18-7-9-26-10-8-18)24-25(19)29(15-27-24)13-16-3-5-17(6-4-16)14-33-30/h3-6,11-12,15,18,26,30,33H,7-10,13-14H2,1-2H3. The third-order valence-corrected chi connectivity index (χ3v) is 7.03. The summed E-state index contributed by atoms with van der Waals surface area (Å²) in [4.78, 5) is 19.2. The normalized spacial score (nSPS) is 15.1. The van der Waals surface area contributed by atoms with E-state index in [0.29, 0.717) is 30.1 Å². The van der Waals surface area contributed by atoms with Crippen molar-refractivity contribution in [3.8, 4) is 11.5 Å². The average Bonchev–Trinajstić information content (AvgIpc) is 3.28. The van der Waals surface area contributed by atoms with Gasteiger partial charge in [0.15, 0.2) is 11.5 Å². The Bertz CT molecular complexity index is 1270. The van der Waals surface area contributed by atoms with E-state index in [-0.39, 0.29) is 8.81 Å². The van der Waals surface area contributed by atoms with Crippen molar-refractivity contribution in [2.75, 3.05) is 27.3 Å². The summed E-state index contributed by atoms with van der Waals surface area (Å²) in [5, 5.41) is 4.46. The minimum Gasteiger partial charge on any atom is -0.493 e. The Morgan fingerprint density at radius 1 is 1.06 bits per heavy atom. The molecule has 5 rings (SSSR count). The molecule has 0 amide bonds. The van der Waals surface area contributed by atoms with Crippen LogP contribution < -0.4 is 14.8 Å². The topological polar surface area (TPSA) is 81.4 Å². The van der Waals surface area contributed by atoms with E-state index >= 15 is 0 Å². The number of fused-ring (bicyclic) bond motifs is 3. The molecule has 0 spiro atoms. The quantitative estimate of drug-likeness (QED) is 0.399. The summed E-state index contributed by atoms with van der Waals surface area (Å²) in [6.07, 6.45) is 4.74. The van der Waals surface area contributed by atoms with Crippen molar-refractivity contribution in [1.29, 1.82) is 0 Å². The highest BCUT2D eigenvalue weighted by Gasteiger charge is 2.24. The van der Waals surface area contributed by atoms with Crippen molar-refractivity contribution in [1.82, 2.24) is 19.9 Å². The van der Waals surface area contributed by atoms with Gasteiger partial charge in [0, 0.05) is 38.9 Å². The molecule has 33 heavy (non-hydrogen) atoms. The highest BCUT2D eigenvalue weighted by molar-refractivity contribution is 7.30. The summed E-state index contributed by atoms with van der Waals surface area (Å²) in [7, 11) is 3.25. The predicted molar refractivity (Wildman–Crippen MR) is 133 cm³/mol. The summed E-state index contributed by atoms with van der Waals surface area (Å²) in [6, 6.07) is 12.4. The van der Waals surface area contributed by atoms with Crippen LogP contribution in [0, 0.1) is 0 Å².